The van der Waals surface area contributed by atoms with E-state index in [9.17, 15) is 4.79 Å². The molecule has 3 N–H and O–H groups in total. The fourth-order valence-electron chi connectivity index (χ4n) is 3.29. The third kappa shape index (κ3) is 3.32. The van der Waals surface area contributed by atoms with Crippen molar-refractivity contribution >= 4 is 23.4 Å². The summed E-state index contributed by atoms with van der Waals surface area (Å²) in [5.74, 6) is 1.00. The van der Waals surface area contributed by atoms with E-state index >= 15 is 0 Å². The minimum atomic E-state index is -0.148. The number of nitrogens with one attached hydrogen (secondary N) is 1. The van der Waals surface area contributed by atoms with Gasteiger partial charge in [-0.05, 0) is 30.5 Å². The Bertz CT molecular complexity index is 1190. The normalized spacial score (nSPS) is 11.0. The summed E-state index contributed by atoms with van der Waals surface area (Å²) in [7, 11) is 1.77. The van der Waals surface area contributed by atoms with E-state index in [2.05, 4.69) is 20.2 Å². The van der Waals surface area contributed by atoms with Gasteiger partial charge >= 0.3 is 0 Å². The number of halogens is 1. The van der Waals surface area contributed by atoms with E-state index in [1.165, 1.54) is 0 Å². The fraction of sp³-hybridized carbons (Fsp3) is 0.263. The molecule has 0 radical (unpaired) electrons. The summed E-state index contributed by atoms with van der Waals surface area (Å²) in [6, 6.07) is 7.73. The Labute approximate surface area is 167 Å². The molecule has 0 unspecified atom stereocenters. The van der Waals surface area contributed by atoms with Crippen LogP contribution in [0.3, 0.4) is 0 Å². The van der Waals surface area contributed by atoms with Gasteiger partial charge in [-0.25, -0.2) is 4.98 Å². The van der Waals surface area contributed by atoms with Crippen LogP contribution in [0.1, 0.15) is 28.3 Å². The number of fused-ring (bicyclic) bond motifs is 1. The number of benzene rings is 1. The van der Waals surface area contributed by atoms with Crippen molar-refractivity contribution in [1.29, 1.82) is 0 Å². The molecule has 0 aliphatic heterocycles. The van der Waals surface area contributed by atoms with E-state index in [1.807, 2.05) is 38.1 Å². The Morgan fingerprint density at radius 2 is 1.89 bits per heavy atom. The molecule has 146 valence electrons. The van der Waals surface area contributed by atoms with Gasteiger partial charge in [0.25, 0.3) is 5.56 Å². The highest BCUT2D eigenvalue weighted by Crippen LogP contribution is 2.23. The molecular formula is C19H21ClN6O2. The second-order valence-electron chi connectivity index (χ2n) is 6.59. The van der Waals surface area contributed by atoms with E-state index < -0.39 is 0 Å². The van der Waals surface area contributed by atoms with Crippen LogP contribution in [0.2, 0.25) is 0 Å². The summed E-state index contributed by atoms with van der Waals surface area (Å²) in [4.78, 5) is 21.3. The zero-order valence-corrected chi connectivity index (χ0v) is 16.6. The standard InChI is InChI=1S/C19H20N6O2.ClH/c1-10-14(11(2)21-18-16(10)19(26)23-25(18)3)8-15-22-17(24-27-15)13-6-4-12(9-20)5-7-13;/h4-7H,8-9,20H2,1-3H3,(H,23,26);1H. The van der Waals surface area contributed by atoms with Gasteiger partial charge in [-0.2, -0.15) is 4.98 Å². The molecule has 0 amide bonds. The van der Waals surface area contributed by atoms with Crippen molar-refractivity contribution in [3.05, 3.63) is 62.9 Å². The lowest BCUT2D eigenvalue weighted by Crippen LogP contribution is -2.05. The molecule has 3 heterocycles. The maximum atomic E-state index is 12.2. The number of H-pyrrole nitrogens is 1. The van der Waals surface area contributed by atoms with Gasteiger partial charge in [0, 0.05) is 24.8 Å². The molecule has 0 saturated carbocycles. The summed E-state index contributed by atoms with van der Waals surface area (Å²) in [6.45, 7) is 4.33. The van der Waals surface area contributed by atoms with Gasteiger partial charge in [-0.1, -0.05) is 29.4 Å². The van der Waals surface area contributed by atoms with Crippen LogP contribution in [-0.2, 0) is 20.0 Å². The van der Waals surface area contributed by atoms with Crippen LogP contribution >= 0.6 is 12.4 Å². The van der Waals surface area contributed by atoms with Crippen molar-refractivity contribution in [2.75, 3.05) is 0 Å². The summed E-state index contributed by atoms with van der Waals surface area (Å²) < 4.78 is 7.07. The van der Waals surface area contributed by atoms with Crippen molar-refractivity contribution in [2.24, 2.45) is 12.8 Å². The van der Waals surface area contributed by atoms with Gasteiger partial charge in [0.05, 0.1) is 11.8 Å². The fourth-order valence-corrected chi connectivity index (χ4v) is 3.29. The average molecular weight is 401 g/mol. The Hall–Kier alpha value is -2.97. The number of aromatic amines is 1. The van der Waals surface area contributed by atoms with Crippen molar-refractivity contribution in [3.8, 4) is 11.4 Å². The molecule has 28 heavy (non-hydrogen) atoms. The molecular weight excluding hydrogens is 380 g/mol. The third-order valence-corrected chi connectivity index (χ3v) is 4.82. The molecule has 0 aliphatic rings. The summed E-state index contributed by atoms with van der Waals surface area (Å²) in [5, 5.41) is 7.41. The molecule has 4 aromatic rings. The lowest BCUT2D eigenvalue weighted by Gasteiger charge is -2.08. The summed E-state index contributed by atoms with van der Waals surface area (Å²) >= 11 is 0. The van der Waals surface area contributed by atoms with E-state index in [0.717, 1.165) is 27.9 Å². The summed E-state index contributed by atoms with van der Waals surface area (Å²) in [5.41, 5.74) is 10.7. The van der Waals surface area contributed by atoms with Gasteiger partial charge in [0.2, 0.25) is 11.7 Å². The maximum Gasteiger partial charge on any atom is 0.273 e. The highest BCUT2D eigenvalue weighted by Gasteiger charge is 2.18. The van der Waals surface area contributed by atoms with Crippen molar-refractivity contribution in [2.45, 2.75) is 26.8 Å². The smallest absolute Gasteiger partial charge is 0.273 e. The summed E-state index contributed by atoms with van der Waals surface area (Å²) in [6.07, 6.45) is 0.419. The molecule has 0 aliphatic carbocycles. The molecule has 0 bridgehead atoms. The molecule has 0 fully saturated rings. The van der Waals surface area contributed by atoms with E-state index in [1.54, 1.807) is 11.7 Å². The van der Waals surface area contributed by atoms with Crippen LogP contribution in [0.25, 0.3) is 22.4 Å². The first-order valence-electron chi connectivity index (χ1n) is 8.64. The molecule has 1 aromatic carbocycles. The molecule has 9 heteroatoms. The number of aromatic nitrogens is 5. The number of hydrogen-bond acceptors (Lipinski definition) is 6. The minimum Gasteiger partial charge on any atom is -0.339 e. The Balaban J connectivity index is 0.00000225. The third-order valence-electron chi connectivity index (χ3n) is 4.82. The van der Waals surface area contributed by atoms with Crippen LogP contribution < -0.4 is 11.3 Å². The lowest BCUT2D eigenvalue weighted by molar-refractivity contribution is 0.385. The Morgan fingerprint density at radius 1 is 1.18 bits per heavy atom. The van der Waals surface area contributed by atoms with E-state index in [-0.39, 0.29) is 18.0 Å². The van der Waals surface area contributed by atoms with Crippen LogP contribution in [0.15, 0.2) is 33.6 Å². The second-order valence-corrected chi connectivity index (χ2v) is 6.59. The number of rotatable bonds is 4. The number of nitrogens with zero attached hydrogens (tertiary/aromatic N) is 4. The van der Waals surface area contributed by atoms with Gasteiger partial charge in [0.15, 0.2) is 5.65 Å². The number of hydrogen-bond donors (Lipinski definition) is 2. The van der Waals surface area contributed by atoms with Crippen LogP contribution in [0.5, 0.6) is 0 Å². The first-order chi connectivity index (χ1) is 13.0. The van der Waals surface area contributed by atoms with Crippen LogP contribution in [-0.4, -0.2) is 24.9 Å². The Morgan fingerprint density at radius 3 is 2.57 bits per heavy atom. The molecule has 8 nitrogen and oxygen atoms in total. The zero-order valence-electron chi connectivity index (χ0n) is 15.8. The predicted molar refractivity (Wildman–Crippen MR) is 108 cm³/mol. The number of aryl methyl sites for hydroxylation is 3. The van der Waals surface area contributed by atoms with Gasteiger partial charge in [-0.15, -0.1) is 12.4 Å². The number of nitrogens with two attached hydrogens (primary N) is 1. The van der Waals surface area contributed by atoms with Gasteiger partial charge < -0.3 is 10.3 Å². The Kier molecular flexibility index (Phi) is 5.35. The predicted octanol–water partition coefficient (Wildman–Crippen LogP) is 2.40. The quantitative estimate of drug-likeness (QED) is 0.543. The highest BCUT2D eigenvalue weighted by molar-refractivity contribution is 5.85. The van der Waals surface area contributed by atoms with Crippen molar-refractivity contribution in [1.82, 2.24) is 24.9 Å². The van der Waals surface area contributed by atoms with Gasteiger partial charge in [0.1, 0.15) is 0 Å². The monoisotopic (exact) mass is 400 g/mol. The minimum absolute atomic E-state index is 0. The number of pyridine rings is 1. The van der Waals surface area contributed by atoms with E-state index in [4.69, 9.17) is 10.3 Å². The maximum absolute atomic E-state index is 12.2. The van der Waals surface area contributed by atoms with Crippen molar-refractivity contribution < 1.29 is 4.52 Å². The van der Waals surface area contributed by atoms with E-state index in [0.29, 0.717) is 35.7 Å². The first-order valence-corrected chi connectivity index (χ1v) is 8.64. The van der Waals surface area contributed by atoms with Crippen LogP contribution in [0, 0.1) is 13.8 Å². The van der Waals surface area contributed by atoms with Gasteiger partial charge in [-0.3, -0.25) is 14.6 Å². The SMILES string of the molecule is Cc1nc2c(c(C)c1Cc1nc(-c3ccc(CN)cc3)no1)c(=O)[nH]n2C.Cl. The highest BCUT2D eigenvalue weighted by atomic mass is 35.5. The molecule has 3 aromatic heterocycles. The largest absolute Gasteiger partial charge is 0.339 e. The molecule has 0 saturated heterocycles. The van der Waals surface area contributed by atoms with Crippen molar-refractivity contribution in [3.63, 3.8) is 0 Å². The molecule has 0 atom stereocenters. The van der Waals surface area contributed by atoms with Crippen LogP contribution in [0.4, 0.5) is 0 Å². The molecule has 0 spiro atoms. The first kappa shape index (κ1) is 19.8. The lowest BCUT2D eigenvalue weighted by atomic mass is 10.0. The average Bonchev–Trinajstić information content (AvgIpc) is 3.23. The topological polar surface area (TPSA) is 116 Å². The second kappa shape index (κ2) is 7.57. The molecule has 4 rings (SSSR count). The zero-order chi connectivity index (χ0) is 19.1.